The molecule has 7 heteroatoms. The molecule has 6 nitrogen and oxygen atoms in total. The molecule has 2 atom stereocenters. The van der Waals surface area contributed by atoms with Crippen molar-refractivity contribution in [3.8, 4) is 0 Å². The predicted octanol–water partition coefficient (Wildman–Crippen LogP) is 3.23. The number of rotatable bonds is 10. The maximum Gasteiger partial charge on any atom is 0.307 e. The Morgan fingerprint density at radius 1 is 1.30 bits per heavy atom. The molecule has 1 amide bonds. The van der Waals surface area contributed by atoms with Gasteiger partial charge < -0.3 is 9.84 Å². The normalized spacial score (nSPS) is 17.6. The van der Waals surface area contributed by atoms with Crippen LogP contribution in [0.3, 0.4) is 0 Å². The van der Waals surface area contributed by atoms with Gasteiger partial charge in [-0.1, -0.05) is 47.0 Å². The van der Waals surface area contributed by atoms with E-state index in [4.69, 9.17) is 9.57 Å². The van der Waals surface area contributed by atoms with Crippen LogP contribution < -0.4 is 5.48 Å². The molecular weight excluding hydrogens is 318 g/mol. The first-order valence-electron chi connectivity index (χ1n) is 7.85. The van der Waals surface area contributed by atoms with Crippen LogP contribution in [0.2, 0.25) is 0 Å². The topological polar surface area (TPSA) is 84.9 Å². The number of hydrogen-bond donors (Lipinski definition) is 3. The van der Waals surface area contributed by atoms with Gasteiger partial charge in [0, 0.05) is 6.42 Å². The van der Waals surface area contributed by atoms with Crippen LogP contribution in [0.25, 0.3) is 0 Å². The standard InChI is InChI=1S/C15H27NO5S.CH4/c1-10(2)9-20-15(22)21-16-13(17)8-12(14(18)19)7-11-5-3-4-6-11;/h10-12,15,22H,3-9H2,1-2H3,(H,16,17)(H,18,19);1H4/t12-,15?;/m1./s1. The Morgan fingerprint density at radius 2 is 1.91 bits per heavy atom. The highest BCUT2D eigenvalue weighted by molar-refractivity contribution is 7.80. The fourth-order valence-electron chi connectivity index (χ4n) is 2.61. The SMILES string of the molecule is C.CC(C)COC(S)ONC(=O)C[C@@H](CC1CCCC1)C(=O)O. The molecular formula is C16H31NO5S. The fraction of sp³-hybridized carbons (Fsp3) is 0.875. The highest BCUT2D eigenvalue weighted by Gasteiger charge is 2.27. The molecule has 0 aromatic carbocycles. The zero-order chi connectivity index (χ0) is 16.5. The van der Waals surface area contributed by atoms with Gasteiger partial charge >= 0.3 is 5.97 Å². The molecule has 1 fully saturated rings. The van der Waals surface area contributed by atoms with Gasteiger partial charge in [0.15, 0.2) is 0 Å². The zero-order valence-corrected chi connectivity index (χ0v) is 14.2. The van der Waals surface area contributed by atoms with Crippen molar-refractivity contribution in [2.75, 3.05) is 6.61 Å². The van der Waals surface area contributed by atoms with Crippen LogP contribution in [0, 0.1) is 17.8 Å². The van der Waals surface area contributed by atoms with Gasteiger partial charge in [0.25, 0.3) is 0 Å². The maximum atomic E-state index is 11.8. The van der Waals surface area contributed by atoms with Crippen molar-refractivity contribution in [2.45, 2.75) is 65.4 Å². The van der Waals surface area contributed by atoms with E-state index in [1.165, 1.54) is 0 Å². The number of ether oxygens (including phenoxy) is 1. The number of amides is 1. The van der Waals surface area contributed by atoms with Crippen LogP contribution in [0.4, 0.5) is 0 Å². The Labute approximate surface area is 144 Å². The summed E-state index contributed by atoms with van der Waals surface area (Å²) in [6.07, 6.45) is 4.89. The second-order valence-electron chi connectivity index (χ2n) is 6.30. The van der Waals surface area contributed by atoms with Crippen molar-refractivity contribution >= 4 is 24.5 Å². The lowest BCUT2D eigenvalue weighted by molar-refractivity contribution is -0.161. The van der Waals surface area contributed by atoms with Crippen molar-refractivity contribution in [3.05, 3.63) is 0 Å². The number of carboxylic acids is 1. The monoisotopic (exact) mass is 349 g/mol. The van der Waals surface area contributed by atoms with Crippen LogP contribution in [0.15, 0.2) is 0 Å². The van der Waals surface area contributed by atoms with Crippen LogP contribution in [0.1, 0.15) is 59.8 Å². The molecule has 0 bridgehead atoms. The molecule has 1 rings (SSSR count). The van der Waals surface area contributed by atoms with Gasteiger partial charge in [0.1, 0.15) is 0 Å². The molecule has 0 saturated heterocycles. The Kier molecular flexibility index (Phi) is 11.3. The van der Waals surface area contributed by atoms with E-state index in [9.17, 15) is 14.7 Å². The second-order valence-corrected chi connectivity index (χ2v) is 6.72. The molecule has 0 heterocycles. The molecule has 23 heavy (non-hydrogen) atoms. The van der Waals surface area contributed by atoms with Gasteiger partial charge in [-0.25, -0.2) is 10.3 Å². The molecule has 0 aromatic rings. The van der Waals surface area contributed by atoms with Crippen molar-refractivity contribution in [2.24, 2.45) is 17.8 Å². The van der Waals surface area contributed by atoms with E-state index < -0.39 is 23.4 Å². The average Bonchev–Trinajstić information content (AvgIpc) is 2.95. The van der Waals surface area contributed by atoms with Crippen molar-refractivity contribution in [1.29, 1.82) is 0 Å². The minimum Gasteiger partial charge on any atom is -0.481 e. The summed E-state index contributed by atoms with van der Waals surface area (Å²) in [5.41, 5.74) is 1.36. The second kappa shape index (κ2) is 11.7. The summed E-state index contributed by atoms with van der Waals surface area (Å²) in [6, 6.07) is 0. The lowest BCUT2D eigenvalue weighted by atomic mass is 9.91. The average molecular weight is 349 g/mol. The number of carbonyl (C=O) groups is 2. The molecule has 1 aliphatic rings. The number of thiol groups is 1. The molecule has 2 N–H and O–H groups in total. The molecule has 1 unspecified atom stereocenters. The summed E-state index contributed by atoms with van der Waals surface area (Å²) in [5.74, 6) is -1.31. The summed E-state index contributed by atoms with van der Waals surface area (Å²) < 4.78 is 5.22. The van der Waals surface area contributed by atoms with Gasteiger partial charge in [0.05, 0.1) is 12.5 Å². The number of hydrogen-bond acceptors (Lipinski definition) is 5. The lowest BCUT2D eigenvalue weighted by Gasteiger charge is -2.18. The largest absolute Gasteiger partial charge is 0.481 e. The third-order valence-electron chi connectivity index (χ3n) is 3.72. The first kappa shape index (κ1) is 22.2. The quantitative estimate of drug-likeness (QED) is 0.320. The Bertz CT molecular complexity index is 358. The van der Waals surface area contributed by atoms with E-state index in [0.29, 0.717) is 24.9 Å². The van der Waals surface area contributed by atoms with Gasteiger partial charge in [-0.05, 0) is 18.3 Å². The van der Waals surface area contributed by atoms with Gasteiger partial charge in [-0.15, -0.1) is 12.6 Å². The summed E-state index contributed by atoms with van der Waals surface area (Å²) in [7, 11) is 0. The number of carboxylic acid groups (broad SMARTS) is 1. The Balaban J connectivity index is 0.00000484. The maximum absolute atomic E-state index is 11.8. The van der Waals surface area contributed by atoms with Gasteiger partial charge in [-0.2, -0.15) is 0 Å². The number of carbonyl (C=O) groups excluding carboxylic acids is 1. The molecule has 1 aliphatic carbocycles. The number of nitrogens with one attached hydrogen (secondary N) is 1. The van der Waals surface area contributed by atoms with E-state index >= 15 is 0 Å². The van der Waals surface area contributed by atoms with Gasteiger partial charge in [-0.3, -0.25) is 9.59 Å². The molecule has 0 spiro atoms. The first-order valence-corrected chi connectivity index (χ1v) is 8.37. The van der Waals surface area contributed by atoms with Crippen molar-refractivity contribution in [1.82, 2.24) is 5.48 Å². The molecule has 0 radical (unpaired) electrons. The minimum absolute atomic E-state index is 0. The Morgan fingerprint density at radius 3 is 2.43 bits per heavy atom. The van der Waals surface area contributed by atoms with Crippen LogP contribution in [-0.2, 0) is 19.2 Å². The van der Waals surface area contributed by atoms with Gasteiger partial charge in [0.2, 0.25) is 11.5 Å². The number of hydroxylamine groups is 1. The van der Waals surface area contributed by atoms with E-state index in [1.54, 1.807) is 0 Å². The van der Waals surface area contributed by atoms with E-state index in [1.807, 2.05) is 13.8 Å². The summed E-state index contributed by atoms with van der Waals surface area (Å²) >= 11 is 4.03. The molecule has 1 saturated carbocycles. The Hall–Kier alpha value is -0.790. The van der Waals surface area contributed by atoms with Crippen molar-refractivity contribution in [3.63, 3.8) is 0 Å². The number of aliphatic carboxylic acids is 1. The molecule has 0 aliphatic heterocycles. The third-order valence-corrected chi connectivity index (χ3v) is 3.97. The smallest absolute Gasteiger partial charge is 0.307 e. The highest BCUT2D eigenvalue weighted by Crippen LogP contribution is 2.31. The highest BCUT2D eigenvalue weighted by atomic mass is 32.1. The fourth-order valence-corrected chi connectivity index (χ4v) is 2.75. The third kappa shape index (κ3) is 9.84. The summed E-state index contributed by atoms with van der Waals surface area (Å²) in [5, 5.41) is 9.24. The molecule has 136 valence electrons. The van der Waals surface area contributed by atoms with Crippen LogP contribution >= 0.6 is 12.6 Å². The van der Waals surface area contributed by atoms with Crippen LogP contribution in [0.5, 0.6) is 0 Å². The van der Waals surface area contributed by atoms with E-state index in [0.717, 1.165) is 25.7 Å². The van der Waals surface area contributed by atoms with E-state index in [2.05, 4.69) is 18.1 Å². The van der Waals surface area contributed by atoms with E-state index in [-0.39, 0.29) is 13.8 Å². The van der Waals surface area contributed by atoms with Crippen LogP contribution in [-0.4, -0.2) is 29.2 Å². The minimum atomic E-state index is -0.930. The predicted molar refractivity (Wildman–Crippen MR) is 91.8 cm³/mol. The molecule has 0 aromatic heterocycles. The first-order chi connectivity index (χ1) is 10.4. The van der Waals surface area contributed by atoms with Crippen molar-refractivity contribution < 1.29 is 24.3 Å². The summed E-state index contributed by atoms with van der Waals surface area (Å²) in [4.78, 5) is 28.0. The lowest BCUT2D eigenvalue weighted by Crippen LogP contribution is -2.32. The summed E-state index contributed by atoms with van der Waals surface area (Å²) in [6.45, 7) is 4.43. The zero-order valence-electron chi connectivity index (χ0n) is 13.3.